The van der Waals surface area contributed by atoms with Gasteiger partial charge in [-0.25, -0.2) is 13.2 Å². The van der Waals surface area contributed by atoms with E-state index in [1.165, 1.54) is 26.4 Å². The van der Waals surface area contributed by atoms with Crippen molar-refractivity contribution in [3.63, 3.8) is 0 Å². The summed E-state index contributed by atoms with van der Waals surface area (Å²) in [6.45, 7) is 3.31. The third-order valence-corrected chi connectivity index (χ3v) is 3.85. The monoisotopic (exact) mass is 374 g/mol. The van der Waals surface area contributed by atoms with Gasteiger partial charge in [-0.15, -0.1) is 0 Å². The largest absolute Gasteiger partial charge is 0.493 e. The number of amides is 1. The van der Waals surface area contributed by atoms with Gasteiger partial charge >= 0.3 is 5.97 Å². The van der Waals surface area contributed by atoms with Gasteiger partial charge in [0.25, 0.3) is 5.91 Å². The summed E-state index contributed by atoms with van der Waals surface area (Å²) < 4.78 is 35.5. The van der Waals surface area contributed by atoms with Crippen molar-refractivity contribution in [2.75, 3.05) is 25.2 Å². The number of hydrogen-bond acceptors (Lipinski definition) is 6. The van der Waals surface area contributed by atoms with Gasteiger partial charge < -0.3 is 19.9 Å². The normalized spacial score (nSPS) is 12.4. The average Bonchev–Trinajstić information content (AvgIpc) is 2.49. The van der Waals surface area contributed by atoms with E-state index in [2.05, 4.69) is 10.0 Å². The topological polar surface area (TPSA) is 131 Å². The SMILES string of the molecule is COc1cc(C(=O)N[C@@H](C(=O)O)C(C)C)cc(NS(C)(=O)=O)c1OC. The molecule has 0 aromatic heterocycles. The van der Waals surface area contributed by atoms with Crippen molar-refractivity contribution in [3.05, 3.63) is 17.7 Å². The van der Waals surface area contributed by atoms with Crippen LogP contribution in [0.5, 0.6) is 11.5 Å². The Morgan fingerprint density at radius 3 is 2.16 bits per heavy atom. The second-order valence-electron chi connectivity index (χ2n) is 5.67. The van der Waals surface area contributed by atoms with Gasteiger partial charge in [0.2, 0.25) is 10.0 Å². The van der Waals surface area contributed by atoms with Crippen molar-refractivity contribution in [2.24, 2.45) is 5.92 Å². The fourth-order valence-corrected chi connectivity index (χ4v) is 2.66. The molecule has 0 aliphatic heterocycles. The van der Waals surface area contributed by atoms with E-state index in [0.29, 0.717) is 0 Å². The third kappa shape index (κ3) is 5.52. The summed E-state index contributed by atoms with van der Waals surface area (Å²) in [5.74, 6) is -1.96. The Kier molecular flexibility index (Phi) is 6.63. The number of sulfonamides is 1. The lowest BCUT2D eigenvalue weighted by Crippen LogP contribution is -2.44. The van der Waals surface area contributed by atoms with Crippen molar-refractivity contribution < 1.29 is 32.6 Å². The Morgan fingerprint density at radius 2 is 1.76 bits per heavy atom. The molecule has 140 valence electrons. The predicted molar refractivity (Wildman–Crippen MR) is 91.7 cm³/mol. The van der Waals surface area contributed by atoms with E-state index in [1.54, 1.807) is 13.8 Å². The number of rotatable bonds is 8. The minimum Gasteiger partial charge on any atom is -0.493 e. The van der Waals surface area contributed by atoms with E-state index < -0.39 is 27.9 Å². The van der Waals surface area contributed by atoms with Crippen LogP contribution in [0, 0.1) is 5.92 Å². The highest BCUT2D eigenvalue weighted by Crippen LogP contribution is 2.37. The number of aliphatic carboxylic acids is 1. The van der Waals surface area contributed by atoms with Gasteiger partial charge in [0, 0.05) is 5.56 Å². The number of hydrogen-bond donors (Lipinski definition) is 3. The molecule has 0 radical (unpaired) electrons. The van der Waals surface area contributed by atoms with Crippen LogP contribution >= 0.6 is 0 Å². The summed E-state index contributed by atoms with van der Waals surface area (Å²) in [5.41, 5.74) is 0.0293. The molecule has 1 aromatic carbocycles. The van der Waals surface area contributed by atoms with Crippen molar-refractivity contribution in [2.45, 2.75) is 19.9 Å². The molecule has 0 aliphatic carbocycles. The van der Waals surface area contributed by atoms with Gasteiger partial charge in [0.1, 0.15) is 6.04 Å². The van der Waals surface area contributed by atoms with Gasteiger partial charge in [-0.05, 0) is 18.1 Å². The number of anilines is 1. The summed E-state index contributed by atoms with van der Waals surface area (Å²) in [7, 11) is -0.984. The fraction of sp³-hybridized carbons (Fsp3) is 0.467. The number of ether oxygens (including phenoxy) is 2. The predicted octanol–water partition coefficient (Wildman–Crippen LogP) is 0.914. The molecule has 0 aliphatic rings. The van der Waals surface area contributed by atoms with Crippen LogP contribution in [0.1, 0.15) is 24.2 Å². The van der Waals surface area contributed by atoms with Crippen LogP contribution < -0.4 is 19.5 Å². The lowest BCUT2D eigenvalue weighted by molar-refractivity contribution is -0.140. The first-order chi connectivity index (χ1) is 11.5. The maximum absolute atomic E-state index is 12.4. The van der Waals surface area contributed by atoms with Crippen LogP contribution in [0.3, 0.4) is 0 Å². The molecule has 25 heavy (non-hydrogen) atoms. The van der Waals surface area contributed by atoms with E-state index in [4.69, 9.17) is 9.47 Å². The maximum Gasteiger partial charge on any atom is 0.326 e. The molecule has 0 heterocycles. The van der Waals surface area contributed by atoms with Crippen LogP contribution in [0.2, 0.25) is 0 Å². The Labute approximate surface area is 146 Å². The quantitative estimate of drug-likeness (QED) is 0.616. The zero-order valence-electron chi connectivity index (χ0n) is 14.6. The highest BCUT2D eigenvalue weighted by atomic mass is 32.2. The standard InChI is InChI=1S/C15H22N2O7S/c1-8(2)12(15(19)20)16-14(18)9-6-10(17-25(5,21)22)13(24-4)11(7-9)23-3/h6-8,12,17H,1-5H3,(H,16,18)(H,19,20)/t12-/m1/s1. The number of carbonyl (C=O) groups is 2. The number of carboxylic acid groups (broad SMARTS) is 1. The van der Waals surface area contributed by atoms with E-state index in [1.807, 2.05) is 0 Å². The average molecular weight is 374 g/mol. The van der Waals surface area contributed by atoms with Crippen molar-refractivity contribution in [3.8, 4) is 11.5 Å². The van der Waals surface area contributed by atoms with E-state index in [9.17, 15) is 23.1 Å². The molecule has 10 heteroatoms. The molecule has 3 N–H and O–H groups in total. The minimum absolute atomic E-state index is 0.00548. The zero-order chi connectivity index (χ0) is 19.4. The first-order valence-corrected chi connectivity index (χ1v) is 9.16. The van der Waals surface area contributed by atoms with E-state index in [-0.39, 0.29) is 28.7 Å². The lowest BCUT2D eigenvalue weighted by Gasteiger charge is -2.19. The molecular formula is C15H22N2O7S. The molecule has 0 saturated heterocycles. The molecule has 1 atom stereocenters. The molecular weight excluding hydrogens is 352 g/mol. The molecule has 0 bridgehead atoms. The summed E-state index contributed by atoms with van der Waals surface area (Å²) in [4.78, 5) is 23.6. The first-order valence-electron chi connectivity index (χ1n) is 7.27. The van der Waals surface area contributed by atoms with E-state index in [0.717, 1.165) is 6.26 Å². The highest BCUT2D eigenvalue weighted by Gasteiger charge is 2.25. The van der Waals surface area contributed by atoms with Crippen molar-refractivity contribution >= 4 is 27.6 Å². The molecule has 0 fully saturated rings. The van der Waals surface area contributed by atoms with Crippen molar-refractivity contribution in [1.29, 1.82) is 0 Å². The van der Waals surface area contributed by atoms with Crippen LogP contribution in [0.4, 0.5) is 5.69 Å². The van der Waals surface area contributed by atoms with Crippen LogP contribution in [0.15, 0.2) is 12.1 Å². The molecule has 1 rings (SSSR count). The number of nitrogens with one attached hydrogen (secondary N) is 2. The molecule has 1 amide bonds. The number of carbonyl (C=O) groups excluding carboxylic acids is 1. The highest BCUT2D eigenvalue weighted by molar-refractivity contribution is 7.92. The Morgan fingerprint density at radius 1 is 1.16 bits per heavy atom. The second-order valence-corrected chi connectivity index (χ2v) is 7.42. The number of carboxylic acids is 1. The van der Waals surface area contributed by atoms with Crippen LogP contribution in [0.25, 0.3) is 0 Å². The molecule has 0 spiro atoms. The summed E-state index contributed by atoms with van der Waals surface area (Å²) >= 11 is 0. The Balaban J connectivity index is 3.33. The second kappa shape index (κ2) is 8.06. The van der Waals surface area contributed by atoms with Gasteiger partial charge in [-0.3, -0.25) is 9.52 Å². The molecule has 1 aromatic rings. The molecule has 0 saturated carbocycles. The van der Waals surface area contributed by atoms with Crippen LogP contribution in [-0.2, 0) is 14.8 Å². The van der Waals surface area contributed by atoms with Gasteiger partial charge in [-0.2, -0.15) is 0 Å². The van der Waals surface area contributed by atoms with Crippen LogP contribution in [-0.4, -0.2) is 51.9 Å². The Hall–Kier alpha value is -2.49. The fourth-order valence-electron chi connectivity index (χ4n) is 2.11. The zero-order valence-corrected chi connectivity index (χ0v) is 15.4. The molecule has 9 nitrogen and oxygen atoms in total. The van der Waals surface area contributed by atoms with Gasteiger partial charge in [0.05, 0.1) is 26.2 Å². The van der Waals surface area contributed by atoms with Crippen molar-refractivity contribution in [1.82, 2.24) is 5.32 Å². The minimum atomic E-state index is -3.64. The lowest BCUT2D eigenvalue weighted by atomic mass is 10.0. The summed E-state index contributed by atoms with van der Waals surface area (Å²) in [5, 5.41) is 11.6. The summed E-state index contributed by atoms with van der Waals surface area (Å²) in [6, 6.07) is 1.49. The Bertz CT molecular complexity index is 759. The first kappa shape index (κ1) is 20.6. The molecule has 0 unspecified atom stereocenters. The van der Waals surface area contributed by atoms with Gasteiger partial charge in [0.15, 0.2) is 11.5 Å². The summed E-state index contributed by atoms with van der Waals surface area (Å²) in [6.07, 6.45) is 0.949. The van der Waals surface area contributed by atoms with Gasteiger partial charge in [-0.1, -0.05) is 13.8 Å². The maximum atomic E-state index is 12.4. The third-order valence-electron chi connectivity index (χ3n) is 3.26. The number of benzene rings is 1. The smallest absolute Gasteiger partial charge is 0.326 e. The van der Waals surface area contributed by atoms with E-state index >= 15 is 0 Å². The number of methoxy groups -OCH3 is 2.